The third-order valence-corrected chi connectivity index (χ3v) is 4.57. The summed E-state index contributed by atoms with van der Waals surface area (Å²) >= 11 is 0. The molecule has 25 heavy (non-hydrogen) atoms. The van der Waals surface area contributed by atoms with Gasteiger partial charge in [-0.05, 0) is 43.0 Å². The van der Waals surface area contributed by atoms with Crippen molar-refractivity contribution in [3.05, 3.63) is 59.2 Å². The molecule has 5 nitrogen and oxygen atoms in total. The molecule has 0 heterocycles. The fourth-order valence-electron chi connectivity index (χ4n) is 3.01. The third-order valence-electron chi connectivity index (χ3n) is 4.57. The Morgan fingerprint density at radius 1 is 1.08 bits per heavy atom. The predicted molar refractivity (Wildman–Crippen MR) is 97.0 cm³/mol. The van der Waals surface area contributed by atoms with E-state index in [2.05, 4.69) is 16.7 Å². The molecule has 0 aromatic heterocycles. The first-order valence-electron chi connectivity index (χ1n) is 8.40. The molecule has 5 heteroatoms. The van der Waals surface area contributed by atoms with E-state index in [1.54, 1.807) is 14.2 Å². The van der Waals surface area contributed by atoms with E-state index in [0.717, 1.165) is 24.0 Å². The summed E-state index contributed by atoms with van der Waals surface area (Å²) in [7, 11) is 3.23. The number of carbonyl (C=O) groups excluding carboxylic acids is 1. The summed E-state index contributed by atoms with van der Waals surface area (Å²) in [6.07, 6.45) is 1.83. The number of amides is 2. The van der Waals surface area contributed by atoms with Crippen molar-refractivity contribution in [2.45, 2.75) is 31.8 Å². The first-order valence-corrected chi connectivity index (χ1v) is 8.40. The van der Waals surface area contributed by atoms with Crippen LogP contribution in [0.5, 0.6) is 11.5 Å². The van der Waals surface area contributed by atoms with E-state index in [1.165, 1.54) is 5.56 Å². The highest BCUT2D eigenvalue weighted by Gasteiger charge is 2.46. The van der Waals surface area contributed by atoms with Crippen molar-refractivity contribution in [2.24, 2.45) is 0 Å². The average molecular weight is 340 g/mol. The Hall–Kier alpha value is -2.69. The molecule has 2 amide bonds. The van der Waals surface area contributed by atoms with Gasteiger partial charge in [-0.1, -0.05) is 35.9 Å². The average Bonchev–Trinajstić information content (AvgIpc) is 3.40. The van der Waals surface area contributed by atoms with Crippen molar-refractivity contribution >= 4 is 6.03 Å². The molecule has 0 aliphatic heterocycles. The van der Waals surface area contributed by atoms with Crippen molar-refractivity contribution in [2.75, 3.05) is 14.2 Å². The highest BCUT2D eigenvalue weighted by molar-refractivity contribution is 5.75. The van der Waals surface area contributed by atoms with Crippen LogP contribution in [0.25, 0.3) is 0 Å². The van der Waals surface area contributed by atoms with E-state index in [4.69, 9.17) is 9.47 Å². The molecule has 2 aromatic rings. The van der Waals surface area contributed by atoms with Gasteiger partial charge in [0.2, 0.25) is 0 Å². The quantitative estimate of drug-likeness (QED) is 0.846. The van der Waals surface area contributed by atoms with Crippen molar-refractivity contribution in [1.82, 2.24) is 10.6 Å². The fourth-order valence-corrected chi connectivity index (χ4v) is 3.01. The second-order valence-corrected chi connectivity index (χ2v) is 6.45. The Morgan fingerprint density at radius 3 is 2.48 bits per heavy atom. The van der Waals surface area contributed by atoms with Crippen LogP contribution < -0.4 is 20.1 Å². The number of carbonyl (C=O) groups is 1. The molecule has 0 atom stereocenters. The van der Waals surface area contributed by atoms with Crippen LogP contribution in [0.1, 0.15) is 29.5 Å². The Balaban J connectivity index is 1.64. The molecule has 1 fully saturated rings. The van der Waals surface area contributed by atoms with Crippen LogP contribution in [-0.2, 0) is 12.1 Å². The van der Waals surface area contributed by atoms with Crippen LogP contribution in [0.3, 0.4) is 0 Å². The minimum absolute atomic E-state index is 0.159. The molecule has 0 saturated heterocycles. The third kappa shape index (κ3) is 3.87. The summed E-state index contributed by atoms with van der Waals surface area (Å²) in [5, 5.41) is 6.05. The maximum atomic E-state index is 12.3. The molecule has 2 N–H and O–H groups in total. The van der Waals surface area contributed by atoms with Crippen LogP contribution in [0.15, 0.2) is 42.5 Å². The lowest BCUT2D eigenvalue weighted by molar-refractivity contribution is 0.235. The lowest BCUT2D eigenvalue weighted by Gasteiger charge is -2.20. The number of hydrogen-bond acceptors (Lipinski definition) is 3. The minimum atomic E-state index is -0.309. The maximum absolute atomic E-state index is 12.3. The standard InChI is InChI=1S/C20H24N2O3/c1-14-5-4-6-15(11-14)13-21-19(23)22-20(9-10-20)16-7-8-17(24-2)18(12-16)25-3/h4-8,11-12H,9-10,13H2,1-3H3,(H2,21,22,23). The minimum Gasteiger partial charge on any atom is -0.493 e. The summed E-state index contributed by atoms with van der Waals surface area (Å²) in [5.74, 6) is 1.36. The van der Waals surface area contributed by atoms with Gasteiger partial charge in [0.1, 0.15) is 0 Å². The summed E-state index contributed by atoms with van der Waals surface area (Å²) in [5.41, 5.74) is 3.00. The summed E-state index contributed by atoms with van der Waals surface area (Å²) in [6.45, 7) is 2.55. The van der Waals surface area contributed by atoms with Crippen molar-refractivity contribution in [3.63, 3.8) is 0 Å². The van der Waals surface area contributed by atoms with E-state index in [0.29, 0.717) is 18.0 Å². The van der Waals surface area contributed by atoms with Gasteiger partial charge >= 0.3 is 6.03 Å². The largest absolute Gasteiger partial charge is 0.493 e. The Morgan fingerprint density at radius 2 is 1.84 bits per heavy atom. The van der Waals surface area contributed by atoms with Crippen LogP contribution in [0.4, 0.5) is 4.79 Å². The number of methoxy groups -OCH3 is 2. The normalized spacial score (nSPS) is 14.5. The van der Waals surface area contributed by atoms with E-state index >= 15 is 0 Å². The topological polar surface area (TPSA) is 59.6 Å². The van der Waals surface area contributed by atoms with Crippen LogP contribution >= 0.6 is 0 Å². The van der Waals surface area contributed by atoms with Gasteiger partial charge < -0.3 is 20.1 Å². The van der Waals surface area contributed by atoms with Crippen molar-refractivity contribution in [3.8, 4) is 11.5 Å². The molecule has 2 aromatic carbocycles. The predicted octanol–water partition coefficient (Wildman–Crippen LogP) is 3.50. The Bertz CT molecular complexity index is 769. The van der Waals surface area contributed by atoms with Crippen LogP contribution in [0.2, 0.25) is 0 Å². The van der Waals surface area contributed by atoms with E-state index in [9.17, 15) is 4.79 Å². The van der Waals surface area contributed by atoms with Crippen LogP contribution in [0, 0.1) is 6.92 Å². The zero-order valence-electron chi connectivity index (χ0n) is 14.9. The smallest absolute Gasteiger partial charge is 0.315 e. The lowest BCUT2D eigenvalue weighted by atomic mass is 10.0. The molecule has 0 radical (unpaired) electrons. The highest BCUT2D eigenvalue weighted by atomic mass is 16.5. The number of ether oxygens (including phenoxy) is 2. The van der Waals surface area contributed by atoms with Crippen molar-refractivity contribution in [1.29, 1.82) is 0 Å². The van der Waals surface area contributed by atoms with Crippen molar-refractivity contribution < 1.29 is 14.3 Å². The fraction of sp³-hybridized carbons (Fsp3) is 0.350. The number of hydrogen-bond donors (Lipinski definition) is 2. The second-order valence-electron chi connectivity index (χ2n) is 6.45. The zero-order valence-corrected chi connectivity index (χ0v) is 14.9. The van der Waals surface area contributed by atoms with Gasteiger partial charge in [-0.25, -0.2) is 4.79 Å². The lowest BCUT2D eigenvalue weighted by Crippen LogP contribution is -2.41. The summed E-state index contributed by atoms with van der Waals surface area (Å²) in [4.78, 5) is 12.3. The van der Waals surface area contributed by atoms with Crippen LogP contribution in [-0.4, -0.2) is 20.3 Å². The van der Waals surface area contributed by atoms with Gasteiger partial charge in [0.05, 0.1) is 19.8 Å². The summed E-state index contributed by atoms with van der Waals surface area (Å²) in [6, 6.07) is 13.8. The van der Waals surface area contributed by atoms with Gasteiger partial charge in [-0.15, -0.1) is 0 Å². The van der Waals surface area contributed by atoms with Gasteiger partial charge in [-0.3, -0.25) is 0 Å². The molecule has 0 unspecified atom stereocenters. The van der Waals surface area contributed by atoms with Gasteiger partial charge in [0.25, 0.3) is 0 Å². The Kier molecular flexibility index (Phi) is 4.83. The molecular formula is C20H24N2O3. The van der Waals surface area contributed by atoms with Gasteiger partial charge in [0.15, 0.2) is 11.5 Å². The number of nitrogens with one attached hydrogen (secondary N) is 2. The number of rotatable bonds is 6. The molecule has 1 aliphatic carbocycles. The number of benzene rings is 2. The van der Waals surface area contributed by atoms with Gasteiger partial charge in [-0.2, -0.15) is 0 Å². The monoisotopic (exact) mass is 340 g/mol. The number of aryl methyl sites for hydroxylation is 1. The highest BCUT2D eigenvalue weighted by Crippen LogP contribution is 2.47. The molecule has 132 valence electrons. The van der Waals surface area contributed by atoms with E-state index in [-0.39, 0.29) is 11.6 Å². The Labute approximate surface area is 148 Å². The SMILES string of the molecule is COc1ccc(C2(NC(=O)NCc3cccc(C)c3)CC2)cc1OC. The zero-order chi connectivity index (χ0) is 17.9. The first-order chi connectivity index (χ1) is 12.1. The molecule has 0 bridgehead atoms. The summed E-state index contributed by atoms with van der Waals surface area (Å²) < 4.78 is 10.6. The van der Waals surface area contributed by atoms with E-state index < -0.39 is 0 Å². The first kappa shape index (κ1) is 17.1. The number of urea groups is 1. The molecule has 1 aliphatic rings. The van der Waals surface area contributed by atoms with Gasteiger partial charge in [0, 0.05) is 6.54 Å². The maximum Gasteiger partial charge on any atom is 0.315 e. The molecule has 0 spiro atoms. The molecule has 1 saturated carbocycles. The molecular weight excluding hydrogens is 316 g/mol. The van der Waals surface area contributed by atoms with E-state index in [1.807, 2.05) is 43.3 Å². The molecule has 3 rings (SSSR count). The second kappa shape index (κ2) is 7.05.